The first-order valence-electron chi connectivity index (χ1n) is 3.00. The van der Waals surface area contributed by atoms with Gasteiger partial charge < -0.3 is 10.2 Å². The highest BCUT2D eigenvalue weighted by molar-refractivity contribution is 4.98. The van der Waals surface area contributed by atoms with Crippen LogP contribution in [0.25, 0.3) is 0 Å². The Morgan fingerprint density at radius 3 is 2.38 bits per heavy atom. The largest absolute Gasteiger partial charge is 0.396 e. The number of aliphatic hydroxyl groups excluding tert-OH is 1. The van der Waals surface area contributed by atoms with Gasteiger partial charge in [-0.2, -0.15) is 0 Å². The SMILES string of the molecule is C[C@]1(O)C[C@H]1CCO. The maximum atomic E-state index is 9.11. The Morgan fingerprint density at radius 2 is 2.25 bits per heavy atom. The van der Waals surface area contributed by atoms with Crippen molar-refractivity contribution < 1.29 is 10.2 Å². The zero-order valence-corrected chi connectivity index (χ0v) is 5.09. The van der Waals surface area contributed by atoms with Crippen molar-refractivity contribution in [2.75, 3.05) is 6.61 Å². The molecule has 0 amide bonds. The molecule has 0 aliphatic heterocycles. The fourth-order valence-corrected chi connectivity index (χ4v) is 1.01. The maximum Gasteiger partial charge on any atom is 0.0653 e. The molecule has 8 heavy (non-hydrogen) atoms. The summed E-state index contributed by atoms with van der Waals surface area (Å²) in [6.07, 6.45) is 1.63. The molecule has 2 atom stereocenters. The van der Waals surface area contributed by atoms with Crippen LogP contribution in [0.4, 0.5) is 0 Å². The van der Waals surface area contributed by atoms with E-state index < -0.39 is 5.60 Å². The quantitative estimate of drug-likeness (QED) is 0.538. The molecular formula is C6H12O2. The summed E-state index contributed by atoms with van der Waals surface area (Å²) in [5.41, 5.74) is -0.442. The molecule has 0 saturated heterocycles. The third-order valence-electron chi connectivity index (χ3n) is 1.86. The molecule has 0 aromatic heterocycles. The van der Waals surface area contributed by atoms with Crippen LogP contribution in [0.1, 0.15) is 19.8 Å². The summed E-state index contributed by atoms with van der Waals surface area (Å²) in [6.45, 7) is 2.02. The molecule has 2 heteroatoms. The Morgan fingerprint density at radius 1 is 1.75 bits per heavy atom. The highest BCUT2D eigenvalue weighted by Crippen LogP contribution is 2.44. The summed E-state index contributed by atoms with van der Waals surface area (Å²) in [6, 6.07) is 0. The van der Waals surface area contributed by atoms with Gasteiger partial charge in [-0.1, -0.05) is 0 Å². The van der Waals surface area contributed by atoms with Crippen LogP contribution in [-0.4, -0.2) is 22.4 Å². The summed E-state index contributed by atoms with van der Waals surface area (Å²) >= 11 is 0. The highest BCUT2D eigenvalue weighted by atomic mass is 16.3. The van der Waals surface area contributed by atoms with E-state index in [4.69, 9.17) is 10.2 Å². The molecule has 2 N–H and O–H groups in total. The lowest BCUT2D eigenvalue weighted by Gasteiger charge is -1.97. The van der Waals surface area contributed by atoms with Gasteiger partial charge in [-0.05, 0) is 25.7 Å². The predicted octanol–water partition coefficient (Wildman–Crippen LogP) is 0.140. The minimum absolute atomic E-state index is 0.209. The first-order chi connectivity index (χ1) is 3.67. The molecule has 0 aromatic rings. The molecule has 0 heterocycles. The molecule has 2 nitrogen and oxygen atoms in total. The van der Waals surface area contributed by atoms with Gasteiger partial charge in [0.15, 0.2) is 0 Å². The van der Waals surface area contributed by atoms with Crippen molar-refractivity contribution in [2.24, 2.45) is 5.92 Å². The van der Waals surface area contributed by atoms with E-state index in [1.165, 1.54) is 0 Å². The van der Waals surface area contributed by atoms with E-state index in [0.29, 0.717) is 5.92 Å². The summed E-state index contributed by atoms with van der Waals surface area (Å²) < 4.78 is 0. The van der Waals surface area contributed by atoms with Gasteiger partial charge >= 0.3 is 0 Å². The Bertz CT molecular complexity index is 88.5. The van der Waals surface area contributed by atoms with Crippen LogP contribution in [0, 0.1) is 5.92 Å². The van der Waals surface area contributed by atoms with Crippen LogP contribution in [0.2, 0.25) is 0 Å². The number of hydrogen-bond acceptors (Lipinski definition) is 2. The van der Waals surface area contributed by atoms with Crippen molar-refractivity contribution in [1.82, 2.24) is 0 Å². The van der Waals surface area contributed by atoms with Crippen molar-refractivity contribution in [3.8, 4) is 0 Å². The predicted molar refractivity (Wildman–Crippen MR) is 30.4 cm³/mol. The molecular weight excluding hydrogens is 104 g/mol. The molecule has 0 spiro atoms. The van der Waals surface area contributed by atoms with Gasteiger partial charge in [-0.15, -0.1) is 0 Å². The Hall–Kier alpha value is -0.0800. The van der Waals surface area contributed by atoms with Crippen molar-refractivity contribution >= 4 is 0 Å². The zero-order valence-electron chi connectivity index (χ0n) is 5.09. The van der Waals surface area contributed by atoms with Crippen molar-refractivity contribution in [3.05, 3.63) is 0 Å². The molecule has 1 aliphatic rings. The smallest absolute Gasteiger partial charge is 0.0653 e. The van der Waals surface area contributed by atoms with Gasteiger partial charge in [-0.3, -0.25) is 0 Å². The molecule has 0 radical (unpaired) electrons. The minimum atomic E-state index is -0.442. The van der Waals surface area contributed by atoms with Crippen LogP contribution in [0.5, 0.6) is 0 Å². The van der Waals surface area contributed by atoms with Crippen LogP contribution < -0.4 is 0 Å². The highest BCUT2D eigenvalue weighted by Gasteiger charge is 2.47. The molecule has 1 fully saturated rings. The second-order valence-corrected chi connectivity index (χ2v) is 2.77. The van der Waals surface area contributed by atoms with Gasteiger partial charge in [-0.25, -0.2) is 0 Å². The topological polar surface area (TPSA) is 40.5 Å². The first-order valence-corrected chi connectivity index (χ1v) is 3.00. The Labute approximate surface area is 49.1 Å². The lowest BCUT2D eigenvalue weighted by molar-refractivity contribution is 0.142. The van der Waals surface area contributed by atoms with Crippen LogP contribution in [0.3, 0.4) is 0 Å². The van der Waals surface area contributed by atoms with Gasteiger partial charge in [0.1, 0.15) is 0 Å². The third kappa shape index (κ3) is 1.01. The summed E-state index contributed by atoms with van der Waals surface area (Å²) in [4.78, 5) is 0. The van der Waals surface area contributed by atoms with Crippen molar-refractivity contribution in [2.45, 2.75) is 25.4 Å². The number of hydrogen-bond donors (Lipinski definition) is 2. The molecule has 1 aliphatic carbocycles. The average molecular weight is 116 g/mol. The molecule has 0 aromatic carbocycles. The monoisotopic (exact) mass is 116 g/mol. The van der Waals surface area contributed by atoms with Crippen molar-refractivity contribution in [3.63, 3.8) is 0 Å². The van der Waals surface area contributed by atoms with Gasteiger partial charge in [0.05, 0.1) is 5.60 Å². The molecule has 48 valence electrons. The average Bonchev–Trinajstić information content (AvgIpc) is 2.15. The molecule has 0 bridgehead atoms. The molecule has 0 unspecified atom stereocenters. The standard InChI is InChI=1S/C6H12O2/c1-6(8)4-5(6)2-3-7/h5,7-8H,2-4H2,1H3/t5-,6+/m1/s1. The minimum Gasteiger partial charge on any atom is -0.396 e. The van der Waals surface area contributed by atoms with Crippen LogP contribution in [-0.2, 0) is 0 Å². The second kappa shape index (κ2) is 1.71. The maximum absolute atomic E-state index is 9.11. The lowest BCUT2D eigenvalue weighted by atomic mass is 10.2. The lowest BCUT2D eigenvalue weighted by Crippen LogP contribution is -2.04. The Kier molecular flexibility index (Phi) is 1.29. The van der Waals surface area contributed by atoms with E-state index in [0.717, 1.165) is 12.8 Å². The normalized spacial score (nSPS) is 44.6. The summed E-state index contributed by atoms with van der Waals surface area (Å²) in [7, 11) is 0. The fraction of sp³-hybridized carbons (Fsp3) is 1.00. The van der Waals surface area contributed by atoms with Crippen LogP contribution in [0.15, 0.2) is 0 Å². The van der Waals surface area contributed by atoms with E-state index in [-0.39, 0.29) is 6.61 Å². The summed E-state index contributed by atoms with van der Waals surface area (Å²) in [5, 5.41) is 17.5. The van der Waals surface area contributed by atoms with E-state index >= 15 is 0 Å². The van der Waals surface area contributed by atoms with Gasteiger partial charge in [0, 0.05) is 6.61 Å². The van der Waals surface area contributed by atoms with Crippen molar-refractivity contribution in [1.29, 1.82) is 0 Å². The fourth-order valence-electron chi connectivity index (χ4n) is 1.01. The number of rotatable bonds is 2. The first kappa shape index (κ1) is 6.05. The third-order valence-corrected chi connectivity index (χ3v) is 1.86. The van der Waals surface area contributed by atoms with E-state index in [1.54, 1.807) is 0 Å². The van der Waals surface area contributed by atoms with Gasteiger partial charge in [0.2, 0.25) is 0 Å². The van der Waals surface area contributed by atoms with Gasteiger partial charge in [0.25, 0.3) is 0 Å². The van der Waals surface area contributed by atoms with E-state index in [1.807, 2.05) is 6.92 Å². The molecule has 1 rings (SSSR count). The Balaban J connectivity index is 2.17. The van der Waals surface area contributed by atoms with E-state index in [9.17, 15) is 0 Å². The van der Waals surface area contributed by atoms with Crippen LogP contribution >= 0.6 is 0 Å². The second-order valence-electron chi connectivity index (χ2n) is 2.77. The molecule has 1 saturated carbocycles. The number of aliphatic hydroxyl groups is 2. The summed E-state index contributed by atoms with van der Waals surface area (Å²) in [5.74, 6) is 0.368. The zero-order chi connectivity index (χ0) is 6.20. The van der Waals surface area contributed by atoms with E-state index in [2.05, 4.69) is 0 Å².